The molecule has 0 bridgehead atoms. The Morgan fingerprint density at radius 1 is 0.713 bits per heavy atom. The second kappa shape index (κ2) is 22.3. The fourth-order valence-corrected chi connectivity index (χ4v) is 14.3. The first kappa shape index (κ1) is 56.5. The van der Waals surface area contributed by atoms with Crippen molar-refractivity contribution >= 4 is 106 Å². The van der Waals surface area contributed by atoms with Crippen molar-refractivity contribution in [3.05, 3.63) is 194 Å². The Morgan fingerprint density at radius 2 is 1.35 bits per heavy atom. The number of amides is 1. The smallest absolute Gasteiger partial charge is 0.305 e. The van der Waals surface area contributed by atoms with E-state index >= 15 is 0 Å². The monoisotopic (exact) mass is 1170 g/mol. The topological polar surface area (TPSA) is 122 Å². The van der Waals surface area contributed by atoms with E-state index < -0.39 is 22.8 Å². The first-order valence-corrected chi connectivity index (χ1v) is 29.6. The zero-order valence-corrected chi connectivity index (χ0v) is 50.0. The van der Waals surface area contributed by atoms with Crippen molar-refractivity contribution in [2.75, 3.05) is 40.9 Å². The quantitative estimate of drug-likeness (QED) is 0.0486. The number of thioether (sulfide) groups is 1. The van der Waals surface area contributed by atoms with Crippen molar-refractivity contribution in [1.29, 1.82) is 0 Å². The average molecular weight is 1170 g/mol. The van der Waals surface area contributed by atoms with Gasteiger partial charge in [-0.25, -0.2) is 0 Å². The summed E-state index contributed by atoms with van der Waals surface area (Å²) in [6.45, 7) is 18.8. The number of Topliss-reactive ketones (excluding diaryl/α,β-unsaturated/α-hetero) is 1. The average Bonchev–Trinajstić information content (AvgIpc) is 3.98. The van der Waals surface area contributed by atoms with Crippen molar-refractivity contribution in [1.82, 2.24) is 4.90 Å². The molecule has 0 radical (unpaired) electrons. The highest BCUT2D eigenvalue weighted by Crippen LogP contribution is 2.56. The van der Waals surface area contributed by atoms with Crippen LogP contribution in [0.2, 0.25) is 0 Å². The lowest BCUT2D eigenvalue weighted by molar-refractivity contribution is -0.137. The van der Waals surface area contributed by atoms with E-state index in [-0.39, 0.29) is 62.0 Å². The van der Waals surface area contributed by atoms with Gasteiger partial charge in [-0.05, 0) is 119 Å². The van der Waals surface area contributed by atoms with E-state index in [0.29, 0.717) is 21.6 Å². The van der Waals surface area contributed by atoms with E-state index in [1.165, 1.54) is 33.5 Å². The molecule has 1 amide bonds. The molecule has 0 aliphatic carbocycles. The zero-order chi connectivity index (χ0) is 57.0. The van der Waals surface area contributed by atoms with Crippen LogP contribution in [0, 0.1) is 12.8 Å². The summed E-state index contributed by atoms with van der Waals surface area (Å²) in [5, 5.41) is 24.6. The van der Waals surface area contributed by atoms with Crippen LogP contribution in [-0.4, -0.2) is 75.3 Å². The predicted octanol–water partition coefficient (Wildman–Crippen LogP) is 14.5. The number of carbonyl (C=O) groups excluding carboxylic acids is 2. The number of hydrogen-bond donors (Lipinski definition) is 2. The number of rotatable bonds is 18. The van der Waals surface area contributed by atoms with Crippen LogP contribution >= 0.6 is 39.9 Å². The maximum Gasteiger partial charge on any atom is 0.305 e. The third-order valence-electron chi connectivity index (χ3n) is 16.8. The van der Waals surface area contributed by atoms with Crippen LogP contribution in [0.1, 0.15) is 101 Å². The van der Waals surface area contributed by atoms with Gasteiger partial charge in [-0.15, -0.1) is 0 Å². The summed E-state index contributed by atoms with van der Waals surface area (Å²) in [5.41, 5.74) is 10.3. The molecule has 6 aromatic carbocycles. The molecule has 0 saturated carbocycles. The Kier molecular flexibility index (Phi) is 15.7. The van der Waals surface area contributed by atoms with E-state index in [1.54, 1.807) is 0 Å². The molecular formula is C67H69BrN4O6S2. The minimum atomic E-state index is -0.905. The molecule has 2 N–H and O–H groups in total. The number of aliphatic carboxylic acids is 2. The SMILES string of the molecule is Cc1ccc2c(c1)C(C)(C)/C(=C/C=C1/SC(=S)N(CC(=O)Cc3ccc4c(c3)C(C)(C)C(/C=C/C=C3/N(CCC(=O)O)c5c(c6ccccc6c6ccccc56)C3(C)Cc3ccc(Br)cc3)N4CCC(=O)O)C1=O)N2CCC(C)C. The molecule has 10 rings (SSSR count). The molecule has 80 heavy (non-hydrogen) atoms. The highest BCUT2D eigenvalue weighted by molar-refractivity contribution is 9.10. The summed E-state index contributed by atoms with van der Waals surface area (Å²) >= 11 is 10.6. The maximum absolute atomic E-state index is 14.1. The fourth-order valence-electron chi connectivity index (χ4n) is 12.8. The molecule has 6 aromatic rings. The van der Waals surface area contributed by atoms with Gasteiger partial charge in [-0.3, -0.25) is 24.1 Å². The minimum Gasteiger partial charge on any atom is -0.481 e. The van der Waals surface area contributed by atoms with Crippen molar-refractivity contribution in [3.8, 4) is 0 Å². The predicted molar refractivity (Wildman–Crippen MR) is 334 cm³/mol. The van der Waals surface area contributed by atoms with E-state index in [0.717, 1.165) is 84.0 Å². The van der Waals surface area contributed by atoms with Crippen LogP contribution in [0.3, 0.4) is 0 Å². The van der Waals surface area contributed by atoms with Crippen molar-refractivity contribution < 1.29 is 29.4 Å². The van der Waals surface area contributed by atoms with E-state index in [9.17, 15) is 29.4 Å². The van der Waals surface area contributed by atoms with Gasteiger partial charge in [0.15, 0.2) is 5.78 Å². The molecule has 0 spiro atoms. The van der Waals surface area contributed by atoms with Gasteiger partial charge >= 0.3 is 11.9 Å². The molecule has 412 valence electrons. The van der Waals surface area contributed by atoms with Gasteiger partial charge in [-0.2, -0.15) is 0 Å². The molecule has 10 nitrogen and oxygen atoms in total. The fraction of sp³-hybridized carbons (Fsp3) is 0.328. The lowest BCUT2D eigenvalue weighted by Gasteiger charge is -2.33. The molecule has 1 saturated heterocycles. The summed E-state index contributed by atoms with van der Waals surface area (Å²) in [4.78, 5) is 61.4. The van der Waals surface area contributed by atoms with Gasteiger partial charge in [0, 0.05) is 74.9 Å². The number of hydrogen-bond acceptors (Lipinski definition) is 9. The molecule has 4 aliphatic rings. The number of ketones is 1. The molecule has 13 heteroatoms. The zero-order valence-electron chi connectivity index (χ0n) is 46.8. The van der Waals surface area contributed by atoms with Gasteiger partial charge in [0.2, 0.25) is 0 Å². The Labute approximate surface area is 488 Å². The Bertz CT molecular complexity index is 3650. The number of carboxylic acids is 2. The molecule has 4 aliphatic heterocycles. The number of allylic oxidation sites excluding steroid dienone is 6. The van der Waals surface area contributed by atoms with Crippen LogP contribution in [0.15, 0.2) is 160 Å². The largest absolute Gasteiger partial charge is 0.481 e. The molecular weight excluding hydrogens is 1100 g/mol. The first-order chi connectivity index (χ1) is 38.1. The summed E-state index contributed by atoms with van der Waals surface area (Å²) in [6.07, 6.45) is 11.9. The summed E-state index contributed by atoms with van der Waals surface area (Å²) in [5.74, 6) is -1.69. The van der Waals surface area contributed by atoms with Crippen LogP contribution < -0.4 is 14.7 Å². The number of nitrogens with zero attached hydrogens (tertiary/aromatic N) is 4. The molecule has 1 fully saturated rings. The number of halogens is 1. The van der Waals surface area contributed by atoms with Crippen LogP contribution in [0.25, 0.3) is 21.5 Å². The lowest BCUT2D eigenvalue weighted by Crippen LogP contribution is -2.41. The van der Waals surface area contributed by atoms with Crippen LogP contribution in [0.5, 0.6) is 0 Å². The number of benzene rings is 6. The van der Waals surface area contributed by atoms with Crippen LogP contribution in [-0.2, 0) is 48.3 Å². The van der Waals surface area contributed by atoms with Gasteiger partial charge in [0.05, 0.1) is 36.0 Å². The van der Waals surface area contributed by atoms with E-state index in [2.05, 4.69) is 195 Å². The van der Waals surface area contributed by atoms with Crippen molar-refractivity contribution in [2.45, 2.75) is 110 Å². The van der Waals surface area contributed by atoms with Gasteiger partial charge in [0.1, 0.15) is 4.32 Å². The summed E-state index contributed by atoms with van der Waals surface area (Å²) in [6, 6.07) is 37.6. The highest BCUT2D eigenvalue weighted by Gasteiger charge is 2.47. The number of anilines is 3. The maximum atomic E-state index is 14.1. The third-order valence-corrected chi connectivity index (χ3v) is 18.8. The number of aryl methyl sites for hydroxylation is 1. The molecule has 2 unspecified atom stereocenters. The molecule has 2 atom stereocenters. The van der Waals surface area contributed by atoms with Gasteiger partial charge in [-0.1, -0.05) is 184 Å². The lowest BCUT2D eigenvalue weighted by atomic mass is 9.74. The second-order valence-corrected chi connectivity index (χ2v) is 26.2. The Hall–Kier alpha value is -6.80. The first-order valence-electron chi connectivity index (χ1n) is 27.6. The standard InChI is InChI=1S/C67H69BrN4O6S2/c1-41(2)30-33-69-53-26-20-42(3)36-51(53)65(4,5)57(69)29-28-55-63(78)72(64(79)80-55)40-46(73)37-44-23-27-54-52(38-44)66(6,7)56(70(54)34-31-59(74)75)18-13-19-58-67(8,39-43-21-24-45(68)25-22-43)61-49-16-11-9-14-47(49)48-15-10-12-17-50(48)62(61)71(58)35-32-60(76)77/h9-29,36,38,41,56H,30-35,37,39-40H2,1-8H3,(H,74,75)(H,76,77)/b18-13+,55-28+,57-29-,58-19+. The molecule has 0 aromatic heterocycles. The highest BCUT2D eigenvalue weighted by atomic mass is 79.9. The van der Waals surface area contributed by atoms with Gasteiger partial charge < -0.3 is 24.9 Å². The minimum absolute atomic E-state index is 0.0721. The number of carboxylic acid groups (broad SMARTS) is 2. The Morgan fingerprint density at radius 3 is 2.04 bits per heavy atom. The second-order valence-electron chi connectivity index (χ2n) is 23.6. The third kappa shape index (κ3) is 10.6. The van der Waals surface area contributed by atoms with Crippen LogP contribution in [0.4, 0.5) is 17.1 Å². The number of fused-ring (bicyclic) bond motifs is 8. The molecule has 4 heterocycles. The van der Waals surface area contributed by atoms with Crippen molar-refractivity contribution in [2.24, 2.45) is 5.92 Å². The summed E-state index contributed by atoms with van der Waals surface area (Å²) in [7, 11) is 0. The summed E-state index contributed by atoms with van der Waals surface area (Å²) < 4.78 is 1.33. The number of thiocarbonyl (C=S) groups is 1. The normalized spacial score (nSPS) is 20.7. The number of carbonyl (C=O) groups is 4. The van der Waals surface area contributed by atoms with Gasteiger partial charge in [0.25, 0.3) is 5.91 Å². The Balaban J connectivity index is 0.939. The van der Waals surface area contributed by atoms with Crippen molar-refractivity contribution in [3.63, 3.8) is 0 Å². The van der Waals surface area contributed by atoms with E-state index in [1.807, 2.05) is 30.3 Å². The van der Waals surface area contributed by atoms with E-state index in [4.69, 9.17) is 12.2 Å².